The van der Waals surface area contributed by atoms with Crippen molar-refractivity contribution in [3.05, 3.63) is 0 Å². The van der Waals surface area contributed by atoms with Crippen LogP contribution in [-0.2, 0) is 14.9 Å². The summed E-state index contributed by atoms with van der Waals surface area (Å²) < 4.78 is 32.8. The zero-order valence-electron chi connectivity index (χ0n) is 9.69. The molecule has 7 heteroatoms. The second-order valence-corrected chi connectivity index (χ2v) is 5.67. The third kappa shape index (κ3) is 3.67. The van der Waals surface area contributed by atoms with Crippen LogP contribution in [0.5, 0.6) is 0 Å². The van der Waals surface area contributed by atoms with Crippen molar-refractivity contribution in [2.75, 3.05) is 19.7 Å². The first-order valence-electron chi connectivity index (χ1n) is 5.48. The maximum atomic E-state index is 11.4. The predicted octanol–water partition coefficient (Wildman–Crippen LogP) is -0.640. The highest BCUT2D eigenvalue weighted by molar-refractivity contribution is 7.87. The minimum absolute atomic E-state index is 0.0206. The Morgan fingerprint density at radius 2 is 2.19 bits per heavy atom. The van der Waals surface area contributed by atoms with E-state index in [2.05, 4.69) is 9.44 Å². The van der Waals surface area contributed by atoms with Crippen LogP contribution >= 0.6 is 0 Å². The van der Waals surface area contributed by atoms with Gasteiger partial charge in [0.2, 0.25) is 0 Å². The molecule has 1 saturated heterocycles. The van der Waals surface area contributed by atoms with Crippen LogP contribution in [0.4, 0.5) is 0 Å². The molecule has 0 saturated carbocycles. The van der Waals surface area contributed by atoms with Crippen molar-refractivity contribution in [2.24, 2.45) is 0 Å². The lowest BCUT2D eigenvalue weighted by Gasteiger charge is -2.26. The fourth-order valence-electron chi connectivity index (χ4n) is 1.51. The molecule has 1 aliphatic rings. The normalized spacial score (nSPS) is 30.8. The van der Waals surface area contributed by atoms with E-state index in [1.165, 1.54) is 0 Å². The van der Waals surface area contributed by atoms with E-state index in [1.54, 1.807) is 6.92 Å². The van der Waals surface area contributed by atoms with Crippen LogP contribution in [0.1, 0.15) is 26.7 Å². The highest BCUT2D eigenvalue weighted by atomic mass is 32.2. The summed E-state index contributed by atoms with van der Waals surface area (Å²) in [5.41, 5.74) is -1.10. The lowest BCUT2D eigenvalue weighted by atomic mass is 9.97. The Bertz CT molecular complexity index is 319. The Kier molecular flexibility index (Phi) is 4.69. The van der Waals surface area contributed by atoms with Gasteiger partial charge in [0.25, 0.3) is 10.2 Å². The number of hydrogen-bond donors (Lipinski definition) is 3. The summed E-state index contributed by atoms with van der Waals surface area (Å²) in [4.78, 5) is 0. The van der Waals surface area contributed by atoms with Crippen molar-refractivity contribution < 1.29 is 18.3 Å². The summed E-state index contributed by atoms with van der Waals surface area (Å²) in [6.45, 7) is 4.44. The molecule has 1 aliphatic heterocycles. The van der Waals surface area contributed by atoms with E-state index in [9.17, 15) is 13.5 Å². The Morgan fingerprint density at radius 1 is 1.50 bits per heavy atom. The lowest BCUT2D eigenvalue weighted by Crippen LogP contribution is -2.50. The zero-order chi connectivity index (χ0) is 12.2. The maximum absolute atomic E-state index is 11.4. The van der Waals surface area contributed by atoms with E-state index in [0.29, 0.717) is 19.6 Å². The molecule has 0 spiro atoms. The lowest BCUT2D eigenvalue weighted by molar-refractivity contribution is -0.0228. The van der Waals surface area contributed by atoms with Crippen molar-refractivity contribution >= 4 is 10.2 Å². The predicted molar refractivity (Wildman–Crippen MR) is 60.2 cm³/mol. The Balaban J connectivity index is 2.44. The van der Waals surface area contributed by atoms with Crippen LogP contribution in [0.25, 0.3) is 0 Å². The van der Waals surface area contributed by atoms with Crippen molar-refractivity contribution in [3.8, 4) is 0 Å². The van der Waals surface area contributed by atoms with Gasteiger partial charge >= 0.3 is 0 Å². The van der Waals surface area contributed by atoms with Crippen LogP contribution in [0.15, 0.2) is 0 Å². The van der Waals surface area contributed by atoms with E-state index in [4.69, 9.17) is 4.74 Å². The number of aliphatic hydroxyl groups is 1. The van der Waals surface area contributed by atoms with Crippen LogP contribution in [0.3, 0.4) is 0 Å². The minimum Gasteiger partial charge on any atom is -0.386 e. The number of hydrogen-bond acceptors (Lipinski definition) is 4. The van der Waals surface area contributed by atoms with Gasteiger partial charge in [-0.05, 0) is 13.3 Å². The molecular formula is C9H20N2O4S. The molecular weight excluding hydrogens is 232 g/mol. The number of nitrogens with one attached hydrogen (secondary N) is 2. The van der Waals surface area contributed by atoms with Crippen LogP contribution < -0.4 is 9.44 Å². The van der Waals surface area contributed by atoms with E-state index in [1.807, 2.05) is 6.92 Å². The van der Waals surface area contributed by atoms with E-state index in [0.717, 1.165) is 6.42 Å². The molecule has 0 radical (unpaired) electrons. The highest BCUT2D eigenvalue weighted by Crippen LogP contribution is 2.24. The molecule has 1 rings (SSSR count). The summed E-state index contributed by atoms with van der Waals surface area (Å²) in [6, 6.07) is 0. The van der Waals surface area contributed by atoms with Gasteiger partial charge in [0.05, 0.1) is 6.10 Å². The molecule has 0 aliphatic carbocycles. The summed E-state index contributed by atoms with van der Waals surface area (Å²) in [6.07, 6.45) is 0.830. The van der Waals surface area contributed by atoms with Gasteiger partial charge in [0, 0.05) is 26.1 Å². The molecule has 2 unspecified atom stereocenters. The van der Waals surface area contributed by atoms with E-state index >= 15 is 0 Å². The molecule has 2 atom stereocenters. The SMILES string of the molecule is CCCNS(=O)(=O)NCC1(O)CCOC1C. The molecule has 96 valence electrons. The van der Waals surface area contributed by atoms with Gasteiger partial charge in [0.1, 0.15) is 5.60 Å². The van der Waals surface area contributed by atoms with Gasteiger partial charge in [-0.1, -0.05) is 6.92 Å². The average molecular weight is 252 g/mol. The number of ether oxygens (including phenoxy) is 1. The topological polar surface area (TPSA) is 87.7 Å². The van der Waals surface area contributed by atoms with Crippen molar-refractivity contribution in [3.63, 3.8) is 0 Å². The van der Waals surface area contributed by atoms with Gasteiger partial charge < -0.3 is 9.84 Å². The molecule has 6 nitrogen and oxygen atoms in total. The summed E-state index contributed by atoms with van der Waals surface area (Å²) in [5, 5.41) is 10.1. The molecule has 0 aromatic carbocycles. The molecule has 1 fully saturated rings. The first kappa shape index (κ1) is 13.9. The van der Waals surface area contributed by atoms with Crippen molar-refractivity contribution in [1.82, 2.24) is 9.44 Å². The second-order valence-electron chi connectivity index (χ2n) is 4.09. The molecule has 1 heterocycles. The maximum Gasteiger partial charge on any atom is 0.277 e. The zero-order valence-corrected chi connectivity index (χ0v) is 10.5. The smallest absolute Gasteiger partial charge is 0.277 e. The first-order chi connectivity index (χ1) is 7.40. The second kappa shape index (κ2) is 5.42. The fraction of sp³-hybridized carbons (Fsp3) is 1.00. The quantitative estimate of drug-likeness (QED) is 0.587. The van der Waals surface area contributed by atoms with Gasteiger partial charge in [-0.2, -0.15) is 13.1 Å². The number of rotatable bonds is 6. The van der Waals surface area contributed by atoms with Gasteiger partial charge in [0.15, 0.2) is 0 Å². The molecule has 16 heavy (non-hydrogen) atoms. The summed E-state index contributed by atoms with van der Waals surface area (Å²) in [7, 11) is -3.51. The van der Waals surface area contributed by atoms with Crippen LogP contribution in [0, 0.1) is 0 Å². The summed E-state index contributed by atoms with van der Waals surface area (Å²) >= 11 is 0. The van der Waals surface area contributed by atoms with Gasteiger partial charge in [-0.3, -0.25) is 0 Å². The van der Waals surface area contributed by atoms with Crippen LogP contribution in [0.2, 0.25) is 0 Å². The molecule has 3 N–H and O–H groups in total. The molecule has 0 aromatic heterocycles. The molecule has 0 bridgehead atoms. The first-order valence-corrected chi connectivity index (χ1v) is 6.96. The minimum atomic E-state index is -3.51. The van der Waals surface area contributed by atoms with Gasteiger partial charge in [-0.25, -0.2) is 4.72 Å². The van der Waals surface area contributed by atoms with E-state index < -0.39 is 15.8 Å². The Labute approximate surface area is 96.6 Å². The Hall–Kier alpha value is -0.210. The monoisotopic (exact) mass is 252 g/mol. The van der Waals surface area contributed by atoms with Gasteiger partial charge in [-0.15, -0.1) is 0 Å². The standard InChI is InChI=1S/C9H20N2O4S/c1-3-5-10-16(13,14)11-7-9(12)4-6-15-8(9)2/h8,10-12H,3-7H2,1-2H3. The van der Waals surface area contributed by atoms with Crippen molar-refractivity contribution in [2.45, 2.75) is 38.4 Å². The molecule has 0 amide bonds. The third-order valence-corrected chi connectivity index (χ3v) is 3.88. The van der Waals surface area contributed by atoms with Crippen molar-refractivity contribution in [1.29, 1.82) is 0 Å². The average Bonchev–Trinajstić information content (AvgIpc) is 2.55. The third-order valence-electron chi connectivity index (χ3n) is 2.77. The fourth-order valence-corrected chi connectivity index (χ4v) is 2.53. The van der Waals surface area contributed by atoms with Crippen LogP contribution in [-0.4, -0.2) is 44.9 Å². The largest absolute Gasteiger partial charge is 0.386 e. The Morgan fingerprint density at radius 3 is 2.69 bits per heavy atom. The summed E-state index contributed by atoms with van der Waals surface area (Å²) in [5.74, 6) is 0. The highest BCUT2D eigenvalue weighted by Gasteiger charge is 2.40. The van der Waals surface area contributed by atoms with E-state index in [-0.39, 0.29) is 12.6 Å². The molecule has 0 aromatic rings.